The van der Waals surface area contributed by atoms with Crippen LogP contribution in [0.15, 0.2) is 41.3 Å². The highest BCUT2D eigenvalue weighted by Crippen LogP contribution is 2.29. The highest BCUT2D eigenvalue weighted by atomic mass is 32.2. The highest BCUT2D eigenvalue weighted by Gasteiger charge is 2.32. The van der Waals surface area contributed by atoms with Gasteiger partial charge in [0.15, 0.2) is 5.82 Å². The summed E-state index contributed by atoms with van der Waals surface area (Å²) in [6.07, 6.45) is 0.236. The molecular weight excluding hydrogens is 459 g/mol. The van der Waals surface area contributed by atoms with Crippen molar-refractivity contribution in [3.8, 4) is 0 Å². The SMILES string of the molecule is CNCc1cccc(F)c1C(=O)Nc1n[nH]c2c1CN(S(=O)(=O)c1cc(F)cc(F)c1)CC2. The third kappa shape index (κ3) is 4.49. The Kier molecular flexibility index (Phi) is 6.23. The predicted octanol–water partition coefficient (Wildman–Crippen LogP) is 2.55. The van der Waals surface area contributed by atoms with Gasteiger partial charge in [0, 0.05) is 43.4 Å². The van der Waals surface area contributed by atoms with E-state index in [1.807, 2.05) is 0 Å². The Morgan fingerprint density at radius 3 is 2.61 bits per heavy atom. The molecule has 2 aromatic carbocycles. The number of fused-ring (bicyclic) bond motifs is 1. The molecule has 33 heavy (non-hydrogen) atoms. The average Bonchev–Trinajstić information content (AvgIpc) is 3.15. The number of rotatable bonds is 6. The monoisotopic (exact) mass is 479 g/mol. The molecular formula is C21H20F3N5O3S. The number of aromatic amines is 1. The Labute approximate surface area is 187 Å². The number of halogens is 3. The lowest BCUT2D eigenvalue weighted by molar-refractivity contribution is 0.102. The predicted molar refractivity (Wildman–Crippen MR) is 113 cm³/mol. The van der Waals surface area contributed by atoms with Crippen molar-refractivity contribution in [3.63, 3.8) is 0 Å². The van der Waals surface area contributed by atoms with Crippen LogP contribution in [-0.4, -0.2) is 42.4 Å². The van der Waals surface area contributed by atoms with Crippen LogP contribution < -0.4 is 10.6 Å². The largest absolute Gasteiger partial charge is 0.316 e. The van der Waals surface area contributed by atoms with Crippen LogP contribution in [0.2, 0.25) is 0 Å². The first-order valence-electron chi connectivity index (χ1n) is 9.96. The summed E-state index contributed by atoms with van der Waals surface area (Å²) in [7, 11) is -2.55. The first kappa shape index (κ1) is 23.0. The van der Waals surface area contributed by atoms with E-state index in [1.54, 1.807) is 13.1 Å². The number of nitrogens with one attached hydrogen (secondary N) is 3. The van der Waals surface area contributed by atoms with Gasteiger partial charge in [-0.05, 0) is 30.8 Å². The maximum atomic E-state index is 14.4. The fourth-order valence-electron chi connectivity index (χ4n) is 3.74. The van der Waals surface area contributed by atoms with Crippen molar-refractivity contribution in [2.75, 3.05) is 18.9 Å². The molecule has 0 bridgehead atoms. The summed E-state index contributed by atoms with van der Waals surface area (Å²) in [5, 5.41) is 12.2. The van der Waals surface area contributed by atoms with Crippen LogP contribution in [0.4, 0.5) is 19.0 Å². The Bertz CT molecular complexity index is 1310. The van der Waals surface area contributed by atoms with E-state index in [4.69, 9.17) is 0 Å². The van der Waals surface area contributed by atoms with Crippen molar-refractivity contribution >= 4 is 21.7 Å². The molecule has 0 atom stereocenters. The number of sulfonamides is 1. The molecule has 1 amide bonds. The van der Waals surface area contributed by atoms with E-state index < -0.39 is 38.3 Å². The summed E-state index contributed by atoms with van der Waals surface area (Å²) >= 11 is 0. The number of aromatic nitrogens is 2. The lowest BCUT2D eigenvalue weighted by Gasteiger charge is -2.26. The zero-order valence-electron chi connectivity index (χ0n) is 17.5. The minimum atomic E-state index is -4.22. The molecule has 0 fully saturated rings. The van der Waals surface area contributed by atoms with E-state index in [2.05, 4.69) is 20.8 Å². The topological polar surface area (TPSA) is 107 Å². The standard InChI is InChI=1S/C21H20F3N5O3S/c1-25-10-12-3-2-4-17(24)19(12)21(30)26-20-16-11-29(6-5-18(16)27-28-20)33(31,32)15-8-13(22)7-14(23)9-15/h2-4,7-9,25H,5-6,10-11H2,1H3,(H2,26,27,28,30). The molecule has 0 unspecified atom stereocenters. The quantitative estimate of drug-likeness (QED) is 0.504. The second-order valence-corrected chi connectivity index (χ2v) is 9.42. The van der Waals surface area contributed by atoms with E-state index in [0.717, 1.165) is 16.4 Å². The highest BCUT2D eigenvalue weighted by molar-refractivity contribution is 7.89. The molecule has 1 aromatic heterocycles. The van der Waals surface area contributed by atoms with Crippen molar-refractivity contribution in [1.82, 2.24) is 19.8 Å². The van der Waals surface area contributed by atoms with Gasteiger partial charge < -0.3 is 10.6 Å². The summed E-state index contributed by atoms with van der Waals surface area (Å²) in [5.74, 6) is -3.41. The van der Waals surface area contributed by atoms with Gasteiger partial charge >= 0.3 is 0 Å². The minimum absolute atomic E-state index is 0.0443. The number of carbonyl (C=O) groups is 1. The molecule has 3 N–H and O–H groups in total. The van der Waals surface area contributed by atoms with Gasteiger partial charge in [0.05, 0.1) is 10.5 Å². The molecule has 1 aliphatic heterocycles. The number of amides is 1. The lowest BCUT2D eigenvalue weighted by atomic mass is 10.1. The summed E-state index contributed by atoms with van der Waals surface area (Å²) in [6.45, 7) is 0.112. The first-order valence-corrected chi connectivity index (χ1v) is 11.4. The molecule has 8 nitrogen and oxygen atoms in total. The zero-order chi connectivity index (χ0) is 23.8. The van der Waals surface area contributed by atoms with Crippen LogP contribution >= 0.6 is 0 Å². The molecule has 12 heteroatoms. The molecule has 0 saturated carbocycles. The van der Waals surface area contributed by atoms with Crippen molar-refractivity contribution in [2.45, 2.75) is 24.4 Å². The van der Waals surface area contributed by atoms with E-state index >= 15 is 0 Å². The Hall–Kier alpha value is -3.22. The Morgan fingerprint density at radius 2 is 1.91 bits per heavy atom. The van der Waals surface area contributed by atoms with Crippen LogP contribution in [0.1, 0.15) is 27.2 Å². The molecule has 1 aliphatic rings. The van der Waals surface area contributed by atoms with E-state index in [-0.39, 0.29) is 37.4 Å². The number of nitrogens with zero attached hydrogens (tertiary/aromatic N) is 2. The summed E-state index contributed by atoms with van der Waals surface area (Å²) in [4.78, 5) is 12.3. The van der Waals surface area contributed by atoms with Crippen LogP contribution in [-0.2, 0) is 29.5 Å². The molecule has 0 spiro atoms. The van der Waals surface area contributed by atoms with Gasteiger partial charge in [-0.1, -0.05) is 12.1 Å². The zero-order valence-corrected chi connectivity index (χ0v) is 18.3. The summed E-state index contributed by atoms with van der Waals surface area (Å²) in [5.41, 5.74) is 1.28. The number of benzene rings is 2. The van der Waals surface area contributed by atoms with Crippen molar-refractivity contribution in [2.24, 2.45) is 0 Å². The number of hydrogen-bond donors (Lipinski definition) is 3. The molecule has 0 aliphatic carbocycles. The fraction of sp³-hybridized carbons (Fsp3) is 0.238. The van der Waals surface area contributed by atoms with Gasteiger partial charge in [0.2, 0.25) is 10.0 Å². The molecule has 174 valence electrons. The van der Waals surface area contributed by atoms with Crippen molar-refractivity contribution in [3.05, 3.63) is 76.2 Å². The van der Waals surface area contributed by atoms with Gasteiger partial charge in [-0.25, -0.2) is 21.6 Å². The second kappa shape index (κ2) is 8.96. The average molecular weight is 479 g/mol. The number of H-pyrrole nitrogens is 1. The Morgan fingerprint density at radius 1 is 1.18 bits per heavy atom. The maximum Gasteiger partial charge on any atom is 0.260 e. The minimum Gasteiger partial charge on any atom is -0.316 e. The first-order chi connectivity index (χ1) is 15.7. The van der Waals surface area contributed by atoms with Gasteiger partial charge in [0.25, 0.3) is 5.91 Å². The molecule has 4 rings (SSSR count). The number of hydrogen-bond acceptors (Lipinski definition) is 5. The van der Waals surface area contributed by atoms with Gasteiger partial charge in [-0.15, -0.1) is 0 Å². The summed E-state index contributed by atoms with van der Waals surface area (Å²) < 4.78 is 68.5. The van der Waals surface area contributed by atoms with Gasteiger partial charge in [-0.3, -0.25) is 9.89 Å². The van der Waals surface area contributed by atoms with Crippen molar-refractivity contribution < 1.29 is 26.4 Å². The van der Waals surface area contributed by atoms with Crippen LogP contribution in [0.5, 0.6) is 0 Å². The smallest absolute Gasteiger partial charge is 0.260 e. The fourth-order valence-corrected chi connectivity index (χ4v) is 5.19. The third-order valence-electron chi connectivity index (χ3n) is 5.30. The second-order valence-electron chi connectivity index (χ2n) is 7.48. The summed E-state index contributed by atoms with van der Waals surface area (Å²) in [6, 6.07) is 6.34. The van der Waals surface area contributed by atoms with Crippen LogP contribution in [0.3, 0.4) is 0 Å². The molecule has 2 heterocycles. The Balaban J connectivity index is 1.61. The lowest BCUT2D eigenvalue weighted by Crippen LogP contribution is -2.36. The van der Waals surface area contributed by atoms with E-state index in [1.165, 1.54) is 12.1 Å². The van der Waals surface area contributed by atoms with Gasteiger partial charge in [-0.2, -0.15) is 9.40 Å². The molecule has 0 saturated heterocycles. The molecule has 0 radical (unpaired) electrons. The van der Waals surface area contributed by atoms with E-state index in [9.17, 15) is 26.4 Å². The van der Waals surface area contributed by atoms with Crippen LogP contribution in [0, 0.1) is 17.5 Å². The normalized spacial score (nSPS) is 14.2. The van der Waals surface area contributed by atoms with Crippen LogP contribution in [0.25, 0.3) is 0 Å². The molecule has 3 aromatic rings. The number of anilines is 1. The van der Waals surface area contributed by atoms with E-state index in [0.29, 0.717) is 22.9 Å². The number of carbonyl (C=O) groups excluding carboxylic acids is 1. The van der Waals surface area contributed by atoms with Gasteiger partial charge in [0.1, 0.15) is 17.5 Å². The van der Waals surface area contributed by atoms with Crippen molar-refractivity contribution in [1.29, 1.82) is 0 Å². The third-order valence-corrected chi connectivity index (χ3v) is 7.12. The maximum absolute atomic E-state index is 14.4.